The van der Waals surface area contributed by atoms with Crippen molar-refractivity contribution in [2.24, 2.45) is 0 Å². The van der Waals surface area contributed by atoms with E-state index in [9.17, 15) is 4.79 Å². The molecule has 0 radical (unpaired) electrons. The number of carbonyl (C=O) groups excluding carboxylic acids is 1. The zero-order chi connectivity index (χ0) is 26.6. The SMILES string of the molecule is CC(C)=CCC/C(C)=C/C[C@H](OC(=O)N[C@@H](C)c1cccc2ccccc12)/C(C)=C/CCc1ccoc1. The van der Waals surface area contributed by atoms with Gasteiger partial charge in [-0.05, 0) is 93.8 Å². The number of hydrogen-bond acceptors (Lipinski definition) is 3. The van der Waals surface area contributed by atoms with Gasteiger partial charge in [0.1, 0.15) is 6.10 Å². The lowest BCUT2D eigenvalue weighted by Gasteiger charge is -2.21. The van der Waals surface area contributed by atoms with Gasteiger partial charge in [-0.2, -0.15) is 0 Å². The first-order valence-corrected chi connectivity index (χ1v) is 13.2. The molecule has 2 aromatic carbocycles. The topological polar surface area (TPSA) is 51.5 Å². The molecule has 4 heteroatoms. The van der Waals surface area contributed by atoms with E-state index < -0.39 is 6.09 Å². The van der Waals surface area contributed by atoms with Crippen LogP contribution in [0.25, 0.3) is 10.8 Å². The third kappa shape index (κ3) is 9.13. The number of nitrogens with one attached hydrogen (secondary N) is 1. The lowest BCUT2D eigenvalue weighted by Crippen LogP contribution is -2.31. The maximum Gasteiger partial charge on any atom is 0.408 e. The maximum atomic E-state index is 13.0. The number of hydrogen-bond donors (Lipinski definition) is 1. The molecule has 1 heterocycles. The van der Waals surface area contributed by atoms with E-state index in [1.54, 1.807) is 12.5 Å². The molecule has 1 aromatic heterocycles. The molecular weight excluding hydrogens is 458 g/mol. The third-order valence-electron chi connectivity index (χ3n) is 6.63. The second kappa shape index (κ2) is 14.3. The van der Waals surface area contributed by atoms with Gasteiger partial charge in [-0.25, -0.2) is 4.79 Å². The van der Waals surface area contributed by atoms with Gasteiger partial charge < -0.3 is 14.5 Å². The van der Waals surface area contributed by atoms with E-state index in [0.717, 1.165) is 53.2 Å². The number of amides is 1. The molecule has 0 aliphatic carbocycles. The van der Waals surface area contributed by atoms with Crippen molar-refractivity contribution in [3.05, 3.63) is 107 Å². The summed E-state index contributed by atoms with van der Waals surface area (Å²) in [6.07, 6.45) is 13.8. The normalized spacial score (nSPS) is 13.8. The molecule has 196 valence electrons. The summed E-state index contributed by atoms with van der Waals surface area (Å²) in [6, 6.07) is 16.2. The Bertz CT molecular complexity index is 1220. The summed E-state index contributed by atoms with van der Waals surface area (Å²) in [5, 5.41) is 5.35. The quantitative estimate of drug-likeness (QED) is 0.253. The van der Waals surface area contributed by atoms with Crippen molar-refractivity contribution >= 4 is 16.9 Å². The molecule has 0 unspecified atom stereocenters. The highest BCUT2D eigenvalue weighted by molar-refractivity contribution is 5.86. The molecule has 0 saturated heterocycles. The summed E-state index contributed by atoms with van der Waals surface area (Å²) in [7, 11) is 0. The minimum Gasteiger partial charge on any atom is -0.472 e. The number of fused-ring (bicyclic) bond motifs is 1. The van der Waals surface area contributed by atoms with Crippen LogP contribution in [-0.4, -0.2) is 12.2 Å². The molecule has 0 spiro atoms. The van der Waals surface area contributed by atoms with Gasteiger partial charge in [0.2, 0.25) is 0 Å². The summed E-state index contributed by atoms with van der Waals surface area (Å²) in [4.78, 5) is 13.0. The Hall–Kier alpha value is -3.53. The highest BCUT2D eigenvalue weighted by Gasteiger charge is 2.18. The van der Waals surface area contributed by atoms with Gasteiger partial charge >= 0.3 is 6.09 Å². The summed E-state index contributed by atoms with van der Waals surface area (Å²) in [5.41, 5.74) is 5.95. The standard InChI is InChI=1S/C33H41NO3/c1-24(2)11-8-12-25(3)19-20-32(26(4)13-9-14-28-21-22-36-23-28)37-33(35)34-27(5)30-18-10-16-29-15-6-7-17-31(29)30/h6-7,10-11,13,15-19,21-23,27,32H,8-9,12,14,20H2,1-5H3,(H,34,35)/b25-19+,26-13+/t27-,32-/m0/s1. The van der Waals surface area contributed by atoms with Crippen molar-refractivity contribution in [3.63, 3.8) is 0 Å². The van der Waals surface area contributed by atoms with Crippen LogP contribution in [0.2, 0.25) is 0 Å². The molecule has 3 rings (SSSR count). The first-order valence-electron chi connectivity index (χ1n) is 13.2. The van der Waals surface area contributed by atoms with Gasteiger partial charge in [0, 0.05) is 6.42 Å². The predicted octanol–water partition coefficient (Wildman–Crippen LogP) is 9.25. The molecular formula is C33H41NO3. The summed E-state index contributed by atoms with van der Waals surface area (Å²) in [6.45, 7) is 10.4. The summed E-state index contributed by atoms with van der Waals surface area (Å²) in [5.74, 6) is 0. The minimum absolute atomic E-state index is 0.175. The van der Waals surface area contributed by atoms with Crippen LogP contribution in [0.15, 0.2) is 100 Å². The average molecular weight is 500 g/mol. The number of alkyl carbamates (subject to hydrolysis) is 1. The van der Waals surface area contributed by atoms with Crippen molar-refractivity contribution in [1.29, 1.82) is 0 Å². The van der Waals surface area contributed by atoms with Gasteiger partial charge in [-0.3, -0.25) is 0 Å². The molecule has 0 bridgehead atoms. The Morgan fingerprint density at radius 3 is 2.51 bits per heavy atom. The number of benzene rings is 2. The highest BCUT2D eigenvalue weighted by Crippen LogP contribution is 2.24. The van der Waals surface area contributed by atoms with Crippen LogP contribution in [-0.2, 0) is 11.2 Å². The molecule has 0 aliphatic heterocycles. The molecule has 3 aromatic rings. The van der Waals surface area contributed by atoms with Crippen LogP contribution in [0.1, 0.15) is 77.5 Å². The summed E-state index contributed by atoms with van der Waals surface area (Å²) >= 11 is 0. The van der Waals surface area contributed by atoms with E-state index in [0.29, 0.717) is 6.42 Å². The van der Waals surface area contributed by atoms with Crippen molar-refractivity contribution in [2.75, 3.05) is 0 Å². The van der Waals surface area contributed by atoms with E-state index in [4.69, 9.17) is 9.15 Å². The summed E-state index contributed by atoms with van der Waals surface area (Å²) < 4.78 is 11.2. The van der Waals surface area contributed by atoms with Gasteiger partial charge in [-0.15, -0.1) is 0 Å². The van der Waals surface area contributed by atoms with E-state index in [1.807, 2.05) is 38.1 Å². The van der Waals surface area contributed by atoms with E-state index in [2.05, 4.69) is 68.6 Å². The lowest BCUT2D eigenvalue weighted by molar-refractivity contribution is 0.112. The smallest absolute Gasteiger partial charge is 0.408 e. The molecule has 2 atom stereocenters. The van der Waals surface area contributed by atoms with Crippen LogP contribution in [0, 0.1) is 0 Å². The Labute approximate surface area is 222 Å². The average Bonchev–Trinajstić information content (AvgIpc) is 3.39. The fraction of sp³-hybridized carbons (Fsp3) is 0.364. The molecule has 4 nitrogen and oxygen atoms in total. The number of rotatable bonds is 12. The van der Waals surface area contributed by atoms with Gasteiger partial charge in [0.15, 0.2) is 0 Å². The monoisotopic (exact) mass is 499 g/mol. The van der Waals surface area contributed by atoms with Crippen molar-refractivity contribution in [3.8, 4) is 0 Å². The van der Waals surface area contributed by atoms with Crippen LogP contribution >= 0.6 is 0 Å². The largest absolute Gasteiger partial charge is 0.472 e. The molecule has 0 aliphatic rings. The number of furan rings is 1. The molecule has 1 amide bonds. The Morgan fingerprint density at radius 1 is 0.973 bits per heavy atom. The van der Waals surface area contributed by atoms with Gasteiger partial charge in [0.05, 0.1) is 18.6 Å². The predicted molar refractivity (Wildman–Crippen MR) is 154 cm³/mol. The Balaban J connectivity index is 1.68. The van der Waals surface area contributed by atoms with Gasteiger partial charge in [0.25, 0.3) is 0 Å². The van der Waals surface area contributed by atoms with Crippen LogP contribution in [0.4, 0.5) is 4.79 Å². The van der Waals surface area contributed by atoms with E-state index in [-0.39, 0.29) is 12.1 Å². The number of ether oxygens (including phenoxy) is 1. The van der Waals surface area contributed by atoms with Crippen LogP contribution in [0.5, 0.6) is 0 Å². The zero-order valence-corrected chi connectivity index (χ0v) is 22.9. The second-order valence-corrected chi connectivity index (χ2v) is 10.1. The zero-order valence-electron chi connectivity index (χ0n) is 22.9. The number of carbonyl (C=O) groups is 1. The third-order valence-corrected chi connectivity index (χ3v) is 6.63. The Kier molecular flexibility index (Phi) is 10.8. The fourth-order valence-electron chi connectivity index (χ4n) is 4.40. The van der Waals surface area contributed by atoms with Gasteiger partial charge in [-0.1, -0.05) is 71.8 Å². The first kappa shape index (κ1) is 28.0. The first-order chi connectivity index (χ1) is 17.8. The van der Waals surface area contributed by atoms with Crippen LogP contribution < -0.4 is 5.32 Å². The number of allylic oxidation sites excluding steroid dienone is 4. The molecule has 1 N–H and O–H groups in total. The molecule has 0 saturated carbocycles. The fourth-order valence-corrected chi connectivity index (χ4v) is 4.40. The van der Waals surface area contributed by atoms with Crippen molar-refractivity contribution in [1.82, 2.24) is 5.32 Å². The lowest BCUT2D eigenvalue weighted by atomic mass is 10.00. The van der Waals surface area contributed by atoms with E-state index in [1.165, 1.54) is 11.1 Å². The molecule has 37 heavy (non-hydrogen) atoms. The van der Waals surface area contributed by atoms with Crippen LogP contribution in [0.3, 0.4) is 0 Å². The second-order valence-electron chi connectivity index (χ2n) is 10.1. The maximum absolute atomic E-state index is 13.0. The Morgan fingerprint density at radius 2 is 1.76 bits per heavy atom. The number of aryl methyl sites for hydroxylation is 1. The van der Waals surface area contributed by atoms with Crippen molar-refractivity contribution < 1.29 is 13.9 Å². The molecule has 0 fully saturated rings. The highest BCUT2D eigenvalue weighted by atomic mass is 16.6. The van der Waals surface area contributed by atoms with E-state index >= 15 is 0 Å². The minimum atomic E-state index is -0.399. The van der Waals surface area contributed by atoms with Crippen molar-refractivity contribution in [2.45, 2.75) is 78.9 Å².